The van der Waals surface area contributed by atoms with Crippen LogP contribution in [-0.2, 0) is 0 Å². The molecule has 0 amide bonds. The number of pyridine rings is 1. The van der Waals surface area contributed by atoms with E-state index in [0.29, 0.717) is 23.3 Å². The minimum absolute atomic E-state index is 0.433. The second kappa shape index (κ2) is 7.14. The fraction of sp³-hybridized carbons (Fsp3) is 0.316. The second-order valence-corrected chi connectivity index (χ2v) is 6.30. The Morgan fingerprint density at radius 2 is 1.63 bits per heavy atom. The first-order chi connectivity index (χ1) is 13.2. The van der Waals surface area contributed by atoms with Gasteiger partial charge in [0.1, 0.15) is 11.6 Å². The van der Waals surface area contributed by atoms with Gasteiger partial charge in [0.25, 0.3) is 0 Å². The van der Waals surface area contributed by atoms with Crippen molar-refractivity contribution in [2.75, 3.05) is 55.9 Å². The highest BCUT2D eigenvalue weighted by molar-refractivity contribution is 5.91. The zero-order chi connectivity index (χ0) is 18.8. The summed E-state index contributed by atoms with van der Waals surface area (Å²) in [6.45, 7) is 3.30. The SMILES string of the molecule is COc1cc2nc(N3CCN(c4ccccn4)CC3)nc(N)c2cc1OC. The lowest BCUT2D eigenvalue weighted by Crippen LogP contribution is -2.47. The van der Waals surface area contributed by atoms with Crippen LogP contribution in [0.15, 0.2) is 36.5 Å². The van der Waals surface area contributed by atoms with Crippen molar-refractivity contribution in [1.82, 2.24) is 15.0 Å². The van der Waals surface area contributed by atoms with Crippen molar-refractivity contribution in [3.8, 4) is 11.5 Å². The zero-order valence-corrected chi connectivity index (χ0v) is 15.4. The summed E-state index contributed by atoms with van der Waals surface area (Å²) in [6.07, 6.45) is 1.82. The molecule has 0 spiro atoms. The van der Waals surface area contributed by atoms with Gasteiger partial charge in [0.15, 0.2) is 11.5 Å². The number of piperazine rings is 1. The van der Waals surface area contributed by atoms with Gasteiger partial charge in [-0.1, -0.05) is 6.07 Å². The van der Waals surface area contributed by atoms with Gasteiger partial charge in [0, 0.05) is 43.8 Å². The van der Waals surface area contributed by atoms with Crippen LogP contribution in [0.5, 0.6) is 11.5 Å². The van der Waals surface area contributed by atoms with E-state index in [9.17, 15) is 0 Å². The number of fused-ring (bicyclic) bond motifs is 1. The molecule has 0 saturated carbocycles. The largest absolute Gasteiger partial charge is 0.493 e. The van der Waals surface area contributed by atoms with Gasteiger partial charge < -0.3 is 25.0 Å². The summed E-state index contributed by atoms with van der Waals surface area (Å²) >= 11 is 0. The average Bonchev–Trinajstić information content (AvgIpc) is 2.73. The topological polar surface area (TPSA) is 89.6 Å². The number of benzene rings is 1. The number of anilines is 3. The molecule has 4 rings (SSSR count). The first-order valence-electron chi connectivity index (χ1n) is 8.80. The summed E-state index contributed by atoms with van der Waals surface area (Å²) in [5.41, 5.74) is 6.94. The number of hydrogen-bond acceptors (Lipinski definition) is 8. The Morgan fingerprint density at radius 3 is 2.30 bits per heavy atom. The first-order valence-corrected chi connectivity index (χ1v) is 8.80. The molecule has 0 bridgehead atoms. The van der Waals surface area contributed by atoms with Crippen LogP contribution < -0.4 is 25.0 Å². The standard InChI is InChI=1S/C19H22N6O2/c1-26-15-11-13-14(12-16(15)27-2)22-19(23-18(13)20)25-9-7-24(8-10-25)17-5-3-4-6-21-17/h3-6,11-12H,7-10H2,1-2H3,(H2,20,22,23). The molecule has 1 saturated heterocycles. The van der Waals surface area contributed by atoms with E-state index in [-0.39, 0.29) is 0 Å². The first kappa shape index (κ1) is 17.1. The molecule has 3 heterocycles. The molecule has 1 aromatic carbocycles. The summed E-state index contributed by atoms with van der Waals surface area (Å²) < 4.78 is 10.7. The van der Waals surface area contributed by atoms with Gasteiger partial charge in [-0.05, 0) is 18.2 Å². The van der Waals surface area contributed by atoms with Gasteiger partial charge in [-0.15, -0.1) is 0 Å². The van der Waals surface area contributed by atoms with Crippen LogP contribution in [0.25, 0.3) is 10.9 Å². The van der Waals surface area contributed by atoms with Gasteiger partial charge in [0.2, 0.25) is 5.95 Å². The van der Waals surface area contributed by atoms with Gasteiger partial charge >= 0.3 is 0 Å². The van der Waals surface area contributed by atoms with Gasteiger partial charge in [-0.2, -0.15) is 4.98 Å². The van der Waals surface area contributed by atoms with Gasteiger partial charge in [-0.3, -0.25) is 0 Å². The van der Waals surface area contributed by atoms with Crippen molar-refractivity contribution < 1.29 is 9.47 Å². The van der Waals surface area contributed by atoms with E-state index < -0.39 is 0 Å². The van der Waals surface area contributed by atoms with Crippen molar-refractivity contribution in [2.24, 2.45) is 0 Å². The molecular weight excluding hydrogens is 344 g/mol. The number of rotatable bonds is 4. The minimum atomic E-state index is 0.433. The fourth-order valence-electron chi connectivity index (χ4n) is 3.28. The van der Waals surface area contributed by atoms with Crippen LogP contribution in [0.3, 0.4) is 0 Å². The third-order valence-corrected chi connectivity index (χ3v) is 4.75. The Labute approximate surface area is 157 Å². The molecule has 0 radical (unpaired) electrons. The average molecular weight is 366 g/mol. The normalized spacial score (nSPS) is 14.4. The lowest BCUT2D eigenvalue weighted by Gasteiger charge is -2.35. The highest BCUT2D eigenvalue weighted by Gasteiger charge is 2.21. The highest BCUT2D eigenvalue weighted by atomic mass is 16.5. The van der Waals surface area contributed by atoms with Crippen LogP contribution in [0, 0.1) is 0 Å². The van der Waals surface area contributed by atoms with Crippen molar-refractivity contribution in [3.05, 3.63) is 36.5 Å². The summed E-state index contributed by atoms with van der Waals surface area (Å²) in [5, 5.41) is 0.753. The molecule has 140 valence electrons. The monoisotopic (exact) mass is 366 g/mol. The highest BCUT2D eigenvalue weighted by Crippen LogP contribution is 2.34. The Kier molecular flexibility index (Phi) is 4.53. The number of methoxy groups -OCH3 is 2. The summed E-state index contributed by atoms with van der Waals surface area (Å²) in [4.78, 5) is 18.0. The second-order valence-electron chi connectivity index (χ2n) is 6.30. The van der Waals surface area contributed by atoms with Crippen LogP contribution in [0.2, 0.25) is 0 Å². The number of aromatic nitrogens is 3. The van der Waals surface area contributed by atoms with E-state index in [2.05, 4.69) is 19.8 Å². The Balaban J connectivity index is 1.59. The maximum absolute atomic E-state index is 6.20. The van der Waals surface area contributed by atoms with E-state index in [1.807, 2.05) is 36.5 Å². The molecule has 1 fully saturated rings. The Hall–Kier alpha value is -3.29. The molecule has 8 heteroatoms. The van der Waals surface area contributed by atoms with Crippen molar-refractivity contribution in [1.29, 1.82) is 0 Å². The molecular formula is C19H22N6O2. The molecule has 0 atom stereocenters. The van der Waals surface area contributed by atoms with E-state index in [4.69, 9.17) is 20.2 Å². The Morgan fingerprint density at radius 1 is 0.926 bits per heavy atom. The lowest BCUT2D eigenvalue weighted by atomic mass is 10.2. The molecule has 8 nitrogen and oxygen atoms in total. The molecule has 1 aliphatic heterocycles. The van der Waals surface area contributed by atoms with Gasteiger partial charge in [-0.25, -0.2) is 9.97 Å². The fourth-order valence-corrected chi connectivity index (χ4v) is 3.28. The van der Waals surface area contributed by atoms with Crippen LogP contribution in [0.4, 0.5) is 17.6 Å². The minimum Gasteiger partial charge on any atom is -0.493 e. The molecule has 2 aromatic heterocycles. The van der Waals surface area contributed by atoms with Crippen molar-refractivity contribution in [3.63, 3.8) is 0 Å². The summed E-state index contributed by atoms with van der Waals surface area (Å²) in [6, 6.07) is 9.60. The quantitative estimate of drug-likeness (QED) is 0.749. The van der Waals surface area contributed by atoms with Crippen molar-refractivity contribution in [2.45, 2.75) is 0 Å². The zero-order valence-electron chi connectivity index (χ0n) is 15.4. The number of hydrogen-bond donors (Lipinski definition) is 1. The predicted molar refractivity (Wildman–Crippen MR) is 106 cm³/mol. The van der Waals surface area contributed by atoms with Crippen LogP contribution in [-0.4, -0.2) is 55.4 Å². The maximum atomic E-state index is 6.20. The van der Waals surface area contributed by atoms with Crippen LogP contribution in [0.1, 0.15) is 0 Å². The van der Waals surface area contributed by atoms with Gasteiger partial charge in [0.05, 0.1) is 19.7 Å². The maximum Gasteiger partial charge on any atom is 0.228 e. The van der Waals surface area contributed by atoms with Crippen LogP contribution >= 0.6 is 0 Å². The number of ether oxygens (including phenoxy) is 2. The van der Waals surface area contributed by atoms with E-state index in [1.54, 1.807) is 14.2 Å². The molecule has 2 N–H and O–H groups in total. The number of nitrogen functional groups attached to an aromatic ring is 1. The molecule has 1 aliphatic rings. The van der Waals surface area contributed by atoms with E-state index in [1.165, 1.54) is 0 Å². The summed E-state index contributed by atoms with van der Waals surface area (Å²) in [7, 11) is 3.20. The molecule has 0 unspecified atom stereocenters. The lowest BCUT2D eigenvalue weighted by molar-refractivity contribution is 0.356. The predicted octanol–water partition coefficient (Wildman–Crippen LogP) is 1.95. The third kappa shape index (κ3) is 3.25. The third-order valence-electron chi connectivity index (χ3n) is 4.75. The summed E-state index contributed by atoms with van der Waals surface area (Å²) in [5.74, 6) is 3.29. The molecule has 0 aliphatic carbocycles. The smallest absolute Gasteiger partial charge is 0.228 e. The van der Waals surface area contributed by atoms with Crippen molar-refractivity contribution >= 4 is 28.5 Å². The Bertz CT molecular complexity index is 942. The molecule has 3 aromatic rings. The number of nitrogens with two attached hydrogens (primary N) is 1. The number of nitrogens with zero attached hydrogens (tertiary/aromatic N) is 5. The van der Waals surface area contributed by atoms with E-state index >= 15 is 0 Å². The molecule has 27 heavy (non-hydrogen) atoms. The van der Waals surface area contributed by atoms with E-state index in [0.717, 1.165) is 42.9 Å².